The molecule has 4 nitrogen and oxygen atoms in total. The van der Waals surface area contributed by atoms with Gasteiger partial charge in [0.15, 0.2) is 0 Å². The molecule has 2 aromatic rings. The molecule has 5 rings (SSSR count). The molecule has 2 aromatic carbocycles. The van der Waals surface area contributed by atoms with Crippen molar-refractivity contribution in [1.29, 1.82) is 0 Å². The molecule has 0 amide bonds. The third kappa shape index (κ3) is 4.58. The third-order valence-corrected chi connectivity index (χ3v) is 10.00. The van der Waals surface area contributed by atoms with Crippen molar-refractivity contribution in [2.24, 2.45) is 35.5 Å². The minimum atomic E-state index is -0.0257. The quantitative estimate of drug-likeness (QED) is 0.456. The highest BCUT2D eigenvalue weighted by atomic mass is 16.5. The van der Waals surface area contributed by atoms with Gasteiger partial charge in [0, 0.05) is 5.41 Å². The normalized spacial score (nSPS) is 34.6. The fourth-order valence-electron chi connectivity index (χ4n) is 8.94. The summed E-state index contributed by atoms with van der Waals surface area (Å²) in [6, 6.07) is 18.4. The first-order valence-electron chi connectivity index (χ1n) is 14.6. The Hall–Kier alpha value is -1.72. The van der Waals surface area contributed by atoms with E-state index in [0.29, 0.717) is 48.7 Å². The van der Waals surface area contributed by atoms with Crippen LogP contribution in [0.4, 0.5) is 0 Å². The van der Waals surface area contributed by atoms with Gasteiger partial charge < -0.3 is 19.7 Å². The van der Waals surface area contributed by atoms with Gasteiger partial charge in [-0.2, -0.15) is 0 Å². The monoisotopic (exact) mass is 506 g/mol. The van der Waals surface area contributed by atoms with E-state index in [1.165, 1.54) is 22.3 Å². The Morgan fingerprint density at radius 1 is 0.622 bits per heavy atom. The summed E-state index contributed by atoms with van der Waals surface area (Å²) >= 11 is 0. The molecule has 37 heavy (non-hydrogen) atoms. The minimum Gasteiger partial charge on any atom is -0.394 e. The van der Waals surface area contributed by atoms with Gasteiger partial charge in [-0.15, -0.1) is 0 Å². The average molecular weight is 507 g/mol. The van der Waals surface area contributed by atoms with Crippen molar-refractivity contribution in [3.8, 4) is 11.1 Å². The highest BCUT2D eigenvalue weighted by Crippen LogP contribution is 2.63. The van der Waals surface area contributed by atoms with Crippen LogP contribution >= 0.6 is 0 Å². The van der Waals surface area contributed by atoms with Gasteiger partial charge in [-0.05, 0) is 83.4 Å². The standard InChI is InChI=1S/C33H46O4/c1-21-17-25(18-22(2)31(21)36-15-13-34)33(26-19-23(3)32(24(4)20-26)37-16-14-35)29-11-7-5-9-27(29)28-10-6-8-12-30(28)33/h5-12,21-26,31-32,34-35H,13-20H2,1-4H3. The molecule has 4 heteroatoms. The Morgan fingerprint density at radius 2 is 0.973 bits per heavy atom. The number of hydrogen-bond acceptors (Lipinski definition) is 4. The van der Waals surface area contributed by atoms with Crippen molar-refractivity contribution in [3.05, 3.63) is 59.7 Å². The Morgan fingerprint density at radius 3 is 1.32 bits per heavy atom. The first kappa shape index (κ1) is 26.9. The second-order valence-electron chi connectivity index (χ2n) is 12.3. The molecule has 0 spiro atoms. The van der Waals surface area contributed by atoms with E-state index in [2.05, 4.69) is 76.2 Å². The molecule has 0 saturated heterocycles. The smallest absolute Gasteiger partial charge is 0.0701 e. The number of rotatable bonds is 8. The summed E-state index contributed by atoms with van der Waals surface area (Å²) in [5.41, 5.74) is 5.85. The number of aliphatic hydroxyl groups excluding tert-OH is 2. The van der Waals surface area contributed by atoms with E-state index in [0.717, 1.165) is 25.7 Å². The molecule has 3 aliphatic rings. The van der Waals surface area contributed by atoms with Crippen molar-refractivity contribution in [2.45, 2.75) is 71.0 Å². The van der Waals surface area contributed by atoms with E-state index in [1.54, 1.807) is 0 Å². The predicted octanol–water partition coefficient (Wildman–Crippen LogP) is 6.07. The van der Waals surface area contributed by atoms with Gasteiger partial charge in [0.05, 0.1) is 38.6 Å². The van der Waals surface area contributed by atoms with Crippen LogP contribution in [0.2, 0.25) is 0 Å². The summed E-state index contributed by atoms with van der Waals surface area (Å²) < 4.78 is 12.4. The molecule has 0 radical (unpaired) electrons. The molecule has 0 bridgehead atoms. The zero-order valence-electron chi connectivity index (χ0n) is 23.1. The molecule has 2 N–H and O–H groups in total. The van der Waals surface area contributed by atoms with Crippen molar-refractivity contribution in [1.82, 2.24) is 0 Å². The lowest BCUT2D eigenvalue weighted by molar-refractivity contribution is -0.0890. The number of benzene rings is 2. The topological polar surface area (TPSA) is 58.9 Å². The summed E-state index contributed by atoms with van der Waals surface area (Å²) in [4.78, 5) is 0. The first-order valence-corrected chi connectivity index (χ1v) is 14.6. The Balaban J connectivity index is 1.60. The summed E-state index contributed by atoms with van der Waals surface area (Å²) in [5.74, 6) is 2.81. The minimum absolute atomic E-state index is 0.0257. The van der Waals surface area contributed by atoms with Crippen LogP contribution in [0.25, 0.3) is 11.1 Å². The molecular formula is C33H46O4. The van der Waals surface area contributed by atoms with Crippen LogP contribution in [0, 0.1) is 35.5 Å². The van der Waals surface area contributed by atoms with Crippen LogP contribution in [0.5, 0.6) is 0 Å². The Labute approximate surface area is 223 Å². The van der Waals surface area contributed by atoms with Gasteiger partial charge in [-0.3, -0.25) is 0 Å². The number of aliphatic hydroxyl groups is 2. The maximum absolute atomic E-state index is 9.40. The lowest BCUT2D eigenvalue weighted by atomic mass is 9.51. The van der Waals surface area contributed by atoms with Crippen molar-refractivity contribution >= 4 is 0 Å². The van der Waals surface area contributed by atoms with Crippen molar-refractivity contribution in [3.63, 3.8) is 0 Å². The van der Waals surface area contributed by atoms with E-state index in [1.807, 2.05) is 0 Å². The summed E-state index contributed by atoms with van der Waals surface area (Å²) in [6.45, 7) is 10.4. The van der Waals surface area contributed by atoms with Gasteiger partial charge in [-0.1, -0.05) is 76.2 Å². The van der Waals surface area contributed by atoms with Crippen LogP contribution in [-0.4, -0.2) is 48.8 Å². The second kappa shape index (κ2) is 11.2. The van der Waals surface area contributed by atoms with E-state index in [-0.39, 0.29) is 30.8 Å². The molecule has 202 valence electrons. The number of hydrogen-bond donors (Lipinski definition) is 2. The summed E-state index contributed by atoms with van der Waals surface area (Å²) in [7, 11) is 0. The Kier molecular flexibility index (Phi) is 8.12. The molecule has 4 atom stereocenters. The fourth-order valence-corrected chi connectivity index (χ4v) is 8.94. The van der Waals surface area contributed by atoms with E-state index < -0.39 is 0 Å². The van der Waals surface area contributed by atoms with Crippen LogP contribution in [0.3, 0.4) is 0 Å². The molecule has 3 aliphatic carbocycles. The fraction of sp³-hybridized carbons (Fsp3) is 0.636. The molecule has 2 saturated carbocycles. The van der Waals surface area contributed by atoms with Crippen molar-refractivity contribution < 1.29 is 19.7 Å². The van der Waals surface area contributed by atoms with Gasteiger partial charge >= 0.3 is 0 Å². The molecule has 2 fully saturated rings. The molecule has 0 aromatic heterocycles. The van der Waals surface area contributed by atoms with Crippen LogP contribution in [0.1, 0.15) is 64.5 Å². The molecule has 0 aliphatic heterocycles. The SMILES string of the molecule is CC1CC(C2(C3CC(C)C(OCCO)C(C)C3)c3ccccc3-c3ccccc32)CC(C)C1OCCO. The van der Waals surface area contributed by atoms with Crippen LogP contribution in [-0.2, 0) is 14.9 Å². The maximum atomic E-state index is 9.40. The highest BCUT2D eigenvalue weighted by molar-refractivity contribution is 5.81. The van der Waals surface area contributed by atoms with Gasteiger partial charge in [0.25, 0.3) is 0 Å². The zero-order chi connectivity index (χ0) is 26.2. The van der Waals surface area contributed by atoms with E-state index in [9.17, 15) is 10.2 Å². The van der Waals surface area contributed by atoms with Crippen LogP contribution < -0.4 is 0 Å². The second-order valence-corrected chi connectivity index (χ2v) is 12.3. The molecular weight excluding hydrogens is 460 g/mol. The lowest BCUT2D eigenvalue weighted by Gasteiger charge is -2.54. The Bertz CT molecular complexity index is 943. The molecule has 0 heterocycles. The zero-order valence-corrected chi connectivity index (χ0v) is 23.1. The first-order chi connectivity index (χ1) is 17.9. The maximum Gasteiger partial charge on any atom is 0.0701 e. The predicted molar refractivity (Wildman–Crippen MR) is 148 cm³/mol. The molecule has 4 unspecified atom stereocenters. The van der Waals surface area contributed by atoms with Crippen LogP contribution in [0.15, 0.2) is 48.5 Å². The summed E-state index contributed by atoms with van der Waals surface area (Å²) in [5, 5.41) is 18.8. The number of ether oxygens (including phenoxy) is 2. The number of fused-ring (bicyclic) bond motifs is 3. The van der Waals surface area contributed by atoms with Gasteiger partial charge in [0.1, 0.15) is 0 Å². The highest BCUT2D eigenvalue weighted by Gasteiger charge is 2.57. The van der Waals surface area contributed by atoms with Gasteiger partial charge in [0.2, 0.25) is 0 Å². The van der Waals surface area contributed by atoms with E-state index in [4.69, 9.17) is 9.47 Å². The van der Waals surface area contributed by atoms with Crippen molar-refractivity contribution in [2.75, 3.05) is 26.4 Å². The average Bonchev–Trinajstić information content (AvgIpc) is 3.19. The lowest BCUT2D eigenvalue weighted by Crippen LogP contribution is -2.52. The van der Waals surface area contributed by atoms with E-state index >= 15 is 0 Å². The van der Waals surface area contributed by atoms with Gasteiger partial charge in [-0.25, -0.2) is 0 Å². The summed E-state index contributed by atoms with van der Waals surface area (Å²) in [6.07, 6.45) is 4.93. The largest absolute Gasteiger partial charge is 0.394 e. The third-order valence-electron chi connectivity index (χ3n) is 10.00.